The molecule has 2 atom stereocenters. The molecule has 7 nitrogen and oxygen atoms in total. The van der Waals surface area contributed by atoms with Crippen LogP contribution in [-0.4, -0.2) is 41.3 Å². The van der Waals surface area contributed by atoms with Gasteiger partial charge in [-0.3, -0.25) is 4.79 Å². The van der Waals surface area contributed by atoms with Crippen LogP contribution in [0.1, 0.15) is 25.7 Å². The second-order valence-corrected chi connectivity index (χ2v) is 11.4. The molecular weight excluding hydrogens is 421 g/mol. The number of nitrogens with zero attached hydrogens (tertiary/aromatic N) is 2. The molecule has 1 aromatic heterocycles. The first-order chi connectivity index (χ1) is 14.3. The van der Waals surface area contributed by atoms with Crippen LogP contribution in [0.2, 0.25) is 5.02 Å². The molecule has 3 N–H and O–H groups in total. The second kappa shape index (κ2) is 9.63. The summed E-state index contributed by atoms with van der Waals surface area (Å²) in [5, 5.41) is 10.6. The highest BCUT2D eigenvalue weighted by Crippen LogP contribution is 2.38. The van der Waals surface area contributed by atoms with Gasteiger partial charge in [0, 0.05) is 17.4 Å². The molecule has 0 aliphatic heterocycles. The average molecular weight is 448 g/mol. The van der Waals surface area contributed by atoms with Crippen molar-refractivity contribution in [1.82, 2.24) is 15.3 Å². The zero-order valence-corrected chi connectivity index (χ0v) is 18.8. The van der Waals surface area contributed by atoms with Crippen molar-refractivity contribution in [2.75, 3.05) is 24.0 Å². The van der Waals surface area contributed by atoms with Crippen molar-refractivity contribution in [3.8, 4) is 0 Å². The second-order valence-electron chi connectivity index (χ2n) is 7.80. The molecule has 9 heteroatoms. The first kappa shape index (κ1) is 22.3. The van der Waals surface area contributed by atoms with Gasteiger partial charge >= 0.3 is 0 Å². The van der Waals surface area contributed by atoms with Crippen molar-refractivity contribution in [3.05, 3.63) is 48.1 Å². The maximum atomic E-state index is 12.6. The predicted octanol–water partition coefficient (Wildman–Crippen LogP) is 4.15. The van der Waals surface area contributed by atoms with Crippen molar-refractivity contribution in [1.29, 1.82) is 0 Å². The Bertz CT molecular complexity index is 978. The summed E-state index contributed by atoms with van der Waals surface area (Å²) in [6, 6.07) is 7.67. The molecule has 160 valence electrons. The molecule has 1 saturated carbocycles. The van der Waals surface area contributed by atoms with Gasteiger partial charge in [0.2, 0.25) is 11.9 Å². The minimum atomic E-state index is -2.48. The zero-order chi connectivity index (χ0) is 21.7. The Morgan fingerprint density at radius 1 is 1.27 bits per heavy atom. The summed E-state index contributed by atoms with van der Waals surface area (Å²) in [4.78, 5) is 20.4. The monoisotopic (exact) mass is 447 g/mol. The number of aromatic nitrogens is 2. The maximum Gasteiger partial charge on any atom is 0.243 e. The molecule has 0 bridgehead atoms. The van der Waals surface area contributed by atoms with Crippen LogP contribution in [-0.2, 0) is 9.36 Å². The van der Waals surface area contributed by atoms with Gasteiger partial charge in [0.1, 0.15) is 12.2 Å². The Kier molecular flexibility index (Phi) is 7.16. The topological polar surface area (TPSA) is 96.0 Å². The van der Waals surface area contributed by atoms with E-state index in [1.807, 2.05) is 24.3 Å². The normalized spacial score (nSPS) is 19.0. The van der Waals surface area contributed by atoms with E-state index in [4.69, 9.17) is 11.6 Å². The number of carbonyl (C=O) groups is 1. The van der Waals surface area contributed by atoms with E-state index in [-0.39, 0.29) is 18.0 Å². The molecule has 1 aliphatic rings. The van der Waals surface area contributed by atoms with Crippen LogP contribution in [0.4, 0.5) is 17.5 Å². The summed E-state index contributed by atoms with van der Waals surface area (Å²) in [7, 11) is -2.48. The standard InChI is InChI=1S/C21H27ClN5O2P/c1-4-19(28)24-14-8-7-9-15(12-14)25-21-23-13-16(22)20(27-21)26-17-10-5-6-11-18(17)30(2,3)29/h4-6,10-11,13-15H,1,7-9,12H2,2-3H3,(H,24,28)(H2,23,25,26,27)/t14-,15-/m1/s1. The van der Waals surface area contributed by atoms with Crippen LogP contribution < -0.4 is 21.3 Å². The number of amides is 1. The van der Waals surface area contributed by atoms with E-state index in [0.29, 0.717) is 22.5 Å². The Morgan fingerprint density at radius 3 is 2.73 bits per heavy atom. The van der Waals surface area contributed by atoms with Gasteiger partial charge in [0.25, 0.3) is 0 Å². The van der Waals surface area contributed by atoms with Crippen LogP contribution in [0, 0.1) is 0 Å². The number of carbonyl (C=O) groups excluding carboxylic acids is 1. The molecule has 0 saturated heterocycles. The Hall–Kier alpha value is -2.37. The lowest BCUT2D eigenvalue weighted by Crippen LogP contribution is -2.41. The summed E-state index contributed by atoms with van der Waals surface area (Å²) in [6.45, 7) is 6.96. The molecule has 0 spiro atoms. The van der Waals surface area contributed by atoms with Crippen molar-refractivity contribution in [2.45, 2.75) is 37.8 Å². The number of para-hydroxylation sites is 1. The zero-order valence-electron chi connectivity index (χ0n) is 17.2. The van der Waals surface area contributed by atoms with Gasteiger partial charge in [-0.25, -0.2) is 4.98 Å². The summed E-state index contributed by atoms with van der Waals surface area (Å²) >= 11 is 6.31. The number of benzene rings is 1. The van der Waals surface area contributed by atoms with Crippen molar-refractivity contribution in [3.63, 3.8) is 0 Å². The summed E-state index contributed by atoms with van der Waals surface area (Å²) in [5.74, 6) is 0.747. The van der Waals surface area contributed by atoms with Crippen LogP contribution >= 0.6 is 18.7 Å². The third-order valence-corrected chi connectivity index (χ3v) is 6.85. The fourth-order valence-electron chi connectivity index (χ4n) is 3.60. The Morgan fingerprint density at radius 2 is 2.00 bits per heavy atom. The van der Waals surface area contributed by atoms with Crippen LogP contribution in [0.25, 0.3) is 0 Å². The average Bonchev–Trinajstić information content (AvgIpc) is 2.70. The maximum absolute atomic E-state index is 12.6. The molecule has 2 aromatic rings. The van der Waals surface area contributed by atoms with Crippen LogP contribution in [0.5, 0.6) is 0 Å². The van der Waals surface area contributed by atoms with Gasteiger partial charge in [-0.1, -0.05) is 30.3 Å². The molecule has 30 heavy (non-hydrogen) atoms. The smallest absolute Gasteiger partial charge is 0.243 e. The molecule has 0 radical (unpaired) electrons. The highest BCUT2D eigenvalue weighted by molar-refractivity contribution is 7.70. The SMILES string of the molecule is C=CC(=O)N[C@@H]1CCC[C@@H](Nc2ncc(Cl)c(Nc3ccccc3P(C)(C)=O)n2)C1. The molecular formula is C21H27ClN5O2P. The number of halogens is 1. The van der Waals surface area contributed by atoms with Gasteiger partial charge < -0.3 is 20.5 Å². The van der Waals surface area contributed by atoms with Crippen molar-refractivity contribution >= 4 is 47.4 Å². The summed E-state index contributed by atoms with van der Waals surface area (Å²) in [5.41, 5.74) is 0.710. The molecule has 1 heterocycles. The molecule has 1 amide bonds. The van der Waals surface area contributed by atoms with E-state index in [2.05, 4.69) is 32.5 Å². The highest BCUT2D eigenvalue weighted by atomic mass is 35.5. The first-order valence-corrected chi connectivity index (χ1v) is 12.9. The predicted molar refractivity (Wildman–Crippen MR) is 124 cm³/mol. The quantitative estimate of drug-likeness (QED) is 0.436. The Balaban J connectivity index is 1.74. The van der Waals surface area contributed by atoms with E-state index < -0.39 is 7.14 Å². The number of anilines is 3. The first-order valence-electron chi connectivity index (χ1n) is 9.90. The van der Waals surface area contributed by atoms with Crippen molar-refractivity contribution in [2.24, 2.45) is 0 Å². The van der Waals surface area contributed by atoms with Gasteiger partial charge in [-0.2, -0.15) is 4.98 Å². The van der Waals surface area contributed by atoms with E-state index in [1.165, 1.54) is 6.08 Å². The van der Waals surface area contributed by atoms with Gasteiger partial charge in [0.05, 0.1) is 11.9 Å². The molecule has 1 aromatic carbocycles. The Labute approximate surface area is 182 Å². The lowest BCUT2D eigenvalue weighted by molar-refractivity contribution is -0.117. The largest absolute Gasteiger partial charge is 0.351 e. The molecule has 3 rings (SSSR count). The van der Waals surface area contributed by atoms with Gasteiger partial charge in [-0.15, -0.1) is 0 Å². The molecule has 1 aliphatic carbocycles. The molecule has 1 fully saturated rings. The summed E-state index contributed by atoms with van der Waals surface area (Å²) < 4.78 is 12.6. The highest BCUT2D eigenvalue weighted by Gasteiger charge is 2.24. The number of hydrogen-bond donors (Lipinski definition) is 3. The third kappa shape index (κ3) is 5.83. The van der Waals surface area contributed by atoms with Gasteiger partial charge in [0.15, 0.2) is 5.82 Å². The number of rotatable bonds is 7. The van der Waals surface area contributed by atoms with Crippen LogP contribution in [0.3, 0.4) is 0 Å². The number of hydrogen-bond acceptors (Lipinski definition) is 6. The van der Waals surface area contributed by atoms with Crippen LogP contribution in [0.15, 0.2) is 43.1 Å². The minimum absolute atomic E-state index is 0.0989. The van der Waals surface area contributed by atoms with E-state index in [0.717, 1.165) is 31.0 Å². The number of nitrogens with one attached hydrogen (secondary N) is 3. The fraction of sp³-hybridized carbons (Fsp3) is 0.381. The minimum Gasteiger partial charge on any atom is -0.351 e. The van der Waals surface area contributed by atoms with Gasteiger partial charge in [-0.05, 0) is 57.2 Å². The molecule has 0 unspecified atom stereocenters. The van der Waals surface area contributed by atoms with E-state index in [1.54, 1.807) is 19.5 Å². The summed E-state index contributed by atoms with van der Waals surface area (Å²) in [6.07, 6.45) is 6.52. The van der Waals surface area contributed by atoms with Crippen molar-refractivity contribution < 1.29 is 9.36 Å². The lowest BCUT2D eigenvalue weighted by atomic mass is 9.91. The third-order valence-electron chi connectivity index (χ3n) is 5.02. The van der Waals surface area contributed by atoms with E-state index in [9.17, 15) is 9.36 Å². The fourth-order valence-corrected chi connectivity index (χ4v) is 4.89. The van der Waals surface area contributed by atoms with E-state index >= 15 is 0 Å². The lowest BCUT2D eigenvalue weighted by Gasteiger charge is -2.30.